The predicted octanol–water partition coefficient (Wildman–Crippen LogP) is 4.43. The van der Waals surface area contributed by atoms with Gasteiger partial charge in [-0.15, -0.1) is 0 Å². The van der Waals surface area contributed by atoms with Gasteiger partial charge in [-0.3, -0.25) is 4.79 Å². The summed E-state index contributed by atoms with van der Waals surface area (Å²) < 4.78 is 6.59. The topological polar surface area (TPSA) is 42.2 Å². The van der Waals surface area contributed by atoms with Gasteiger partial charge in [0.05, 0.1) is 0 Å². The molecule has 21 heavy (non-hydrogen) atoms. The van der Waals surface area contributed by atoms with Crippen LogP contribution in [-0.2, 0) is 6.54 Å². The van der Waals surface area contributed by atoms with E-state index in [4.69, 9.17) is 4.42 Å². The summed E-state index contributed by atoms with van der Waals surface area (Å²) in [6.07, 6.45) is 0. The van der Waals surface area contributed by atoms with Crippen molar-refractivity contribution in [3.05, 3.63) is 69.9 Å². The van der Waals surface area contributed by atoms with Crippen LogP contribution in [0.2, 0.25) is 0 Å². The van der Waals surface area contributed by atoms with Crippen molar-refractivity contribution in [1.82, 2.24) is 5.32 Å². The Kier molecular flexibility index (Phi) is 3.80. The van der Waals surface area contributed by atoms with Crippen molar-refractivity contribution < 1.29 is 9.21 Å². The van der Waals surface area contributed by atoms with E-state index in [-0.39, 0.29) is 5.91 Å². The van der Waals surface area contributed by atoms with Crippen LogP contribution in [0.4, 0.5) is 0 Å². The van der Waals surface area contributed by atoms with Gasteiger partial charge in [-0.25, -0.2) is 0 Å². The summed E-state index contributed by atoms with van der Waals surface area (Å²) in [5, 5.41) is 3.81. The van der Waals surface area contributed by atoms with Crippen LogP contribution in [0, 0.1) is 6.92 Å². The first-order valence-corrected chi connectivity index (χ1v) is 7.44. The van der Waals surface area contributed by atoms with Gasteiger partial charge in [0.15, 0.2) is 5.76 Å². The first-order valence-electron chi connectivity index (χ1n) is 6.65. The molecule has 0 saturated heterocycles. The Morgan fingerprint density at radius 3 is 2.67 bits per heavy atom. The van der Waals surface area contributed by atoms with Gasteiger partial charge in [0.2, 0.25) is 0 Å². The van der Waals surface area contributed by atoms with Crippen LogP contribution in [0.1, 0.15) is 21.7 Å². The zero-order valence-corrected chi connectivity index (χ0v) is 13.1. The van der Waals surface area contributed by atoms with Crippen LogP contribution in [0.25, 0.3) is 11.0 Å². The van der Waals surface area contributed by atoms with Crippen LogP contribution in [0.15, 0.2) is 57.4 Å². The maximum Gasteiger partial charge on any atom is 0.287 e. The number of amides is 1. The molecule has 0 radical (unpaired) electrons. The molecule has 0 aliphatic rings. The summed E-state index contributed by atoms with van der Waals surface area (Å²) >= 11 is 3.39. The second-order valence-electron chi connectivity index (χ2n) is 4.96. The maximum atomic E-state index is 12.1. The van der Waals surface area contributed by atoms with E-state index in [0.29, 0.717) is 12.3 Å². The minimum atomic E-state index is -0.202. The highest BCUT2D eigenvalue weighted by molar-refractivity contribution is 9.10. The molecule has 0 saturated carbocycles. The van der Waals surface area contributed by atoms with Gasteiger partial charge in [0.1, 0.15) is 5.58 Å². The molecule has 1 heterocycles. The SMILES string of the molecule is Cc1ccc2oc(C(=O)NCc3ccc(Br)cc3)cc2c1. The monoisotopic (exact) mass is 343 g/mol. The molecule has 1 aromatic heterocycles. The van der Waals surface area contributed by atoms with Gasteiger partial charge in [-0.05, 0) is 42.8 Å². The van der Waals surface area contributed by atoms with Gasteiger partial charge in [0, 0.05) is 16.4 Å². The van der Waals surface area contributed by atoms with E-state index in [1.807, 2.05) is 49.4 Å². The fraction of sp³-hybridized carbons (Fsp3) is 0.118. The summed E-state index contributed by atoms with van der Waals surface area (Å²) in [6.45, 7) is 2.49. The molecule has 0 atom stereocenters. The number of aryl methyl sites for hydroxylation is 1. The van der Waals surface area contributed by atoms with Gasteiger partial charge >= 0.3 is 0 Å². The number of rotatable bonds is 3. The van der Waals surface area contributed by atoms with Crippen molar-refractivity contribution in [2.45, 2.75) is 13.5 Å². The van der Waals surface area contributed by atoms with Crippen molar-refractivity contribution in [1.29, 1.82) is 0 Å². The molecular weight excluding hydrogens is 330 g/mol. The first-order chi connectivity index (χ1) is 10.1. The highest BCUT2D eigenvalue weighted by Crippen LogP contribution is 2.20. The normalized spacial score (nSPS) is 10.8. The van der Waals surface area contributed by atoms with Crippen LogP contribution < -0.4 is 5.32 Å². The first kappa shape index (κ1) is 13.9. The van der Waals surface area contributed by atoms with Gasteiger partial charge < -0.3 is 9.73 Å². The maximum absolute atomic E-state index is 12.1. The van der Waals surface area contributed by atoms with Gasteiger partial charge in [-0.2, -0.15) is 0 Å². The molecular formula is C17H14BrNO2. The number of benzene rings is 2. The summed E-state index contributed by atoms with van der Waals surface area (Å²) in [5.74, 6) is 0.138. The fourth-order valence-corrected chi connectivity index (χ4v) is 2.41. The number of hydrogen-bond acceptors (Lipinski definition) is 2. The number of fused-ring (bicyclic) bond motifs is 1. The summed E-state index contributed by atoms with van der Waals surface area (Å²) in [4.78, 5) is 12.1. The Morgan fingerprint density at radius 2 is 1.90 bits per heavy atom. The van der Waals surface area contributed by atoms with E-state index in [1.165, 1.54) is 0 Å². The zero-order chi connectivity index (χ0) is 14.8. The number of nitrogens with one attached hydrogen (secondary N) is 1. The molecule has 3 rings (SSSR count). The van der Waals surface area contributed by atoms with E-state index >= 15 is 0 Å². The lowest BCUT2D eigenvalue weighted by Gasteiger charge is -2.03. The third kappa shape index (κ3) is 3.16. The quantitative estimate of drug-likeness (QED) is 0.764. The lowest BCUT2D eigenvalue weighted by molar-refractivity contribution is 0.0925. The molecule has 0 fully saturated rings. The van der Waals surface area contributed by atoms with Crippen LogP contribution in [-0.4, -0.2) is 5.91 Å². The lowest BCUT2D eigenvalue weighted by Crippen LogP contribution is -2.22. The summed E-state index contributed by atoms with van der Waals surface area (Å²) in [6, 6.07) is 15.5. The molecule has 2 aromatic carbocycles. The molecule has 0 spiro atoms. The molecule has 4 heteroatoms. The van der Waals surface area contributed by atoms with E-state index in [2.05, 4.69) is 21.2 Å². The van der Waals surface area contributed by atoms with E-state index < -0.39 is 0 Å². The number of hydrogen-bond donors (Lipinski definition) is 1. The minimum absolute atomic E-state index is 0.202. The molecule has 0 bridgehead atoms. The third-order valence-electron chi connectivity index (χ3n) is 3.26. The lowest BCUT2D eigenvalue weighted by atomic mass is 10.2. The molecule has 0 aliphatic heterocycles. The van der Waals surface area contributed by atoms with Crippen LogP contribution in [0.3, 0.4) is 0 Å². The zero-order valence-electron chi connectivity index (χ0n) is 11.5. The Balaban J connectivity index is 1.73. The van der Waals surface area contributed by atoms with Crippen molar-refractivity contribution >= 4 is 32.8 Å². The highest BCUT2D eigenvalue weighted by atomic mass is 79.9. The molecule has 1 N–H and O–H groups in total. The number of carbonyl (C=O) groups is 1. The van der Waals surface area contributed by atoms with Crippen molar-refractivity contribution in [2.75, 3.05) is 0 Å². The standard InChI is InChI=1S/C17H14BrNO2/c1-11-2-7-15-13(8-11)9-16(21-15)17(20)19-10-12-3-5-14(18)6-4-12/h2-9H,10H2,1H3,(H,19,20). The molecule has 106 valence electrons. The Morgan fingerprint density at radius 1 is 1.14 bits per heavy atom. The Labute approximate surface area is 131 Å². The van der Waals surface area contributed by atoms with Crippen LogP contribution in [0.5, 0.6) is 0 Å². The summed E-state index contributed by atoms with van der Waals surface area (Å²) in [7, 11) is 0. The van der Waals surface area contributed by atoms with E-state index in [9.17, 15) is 4.79 Å². The molecule has 1 amide bonds. The predicted molar refractivity (Wildman–Crippen MR) is 86.3 cm³/mol. The minimum Gasteiger partial charge on any atom is -0.451 e. The fourth-order valence-electron chi connectivity index (χ4n) is 2.15. The second kappa shape index (κ2) is 5.74. The highest BCUT2D eigenvalue weighted by Gasteiger charge is 2.11. The van der Waals surface area contributed by atoms with Crippen molar-refractivity contribution in [2.24, 2.45) is 0 Å². The van der Waals surface area contributed by atoms with Gasteiger partial charge in [-0.1, -0.05) is 39.7 Å². The summed E-state index contributed by atoms with van der Waals surface area (Å²) in [5.41, 5.74) is 2.91. The van der Waals surface area contributed by atoms with Crippen molar-refractivity contribution in [3.8, 4) is 0 Å². The molecule has 0 unspecified atom stereocenters. The second-order valence-corrected chi connectivity index (χ2v) is 5.88. The smallest absolute Gasteiger partial charge is 0.287 e. The molecule has 0 aliphatic carbocycles. The number of carbonyl (C=O) groups excluding carboxylic acids is 1. The molecule has 3 nitrogen and oxygen atoms in total. The van der Waals surface area contributed by atoms with Crippen molar-refractivity contribution in [3.63, 3.8) is 0 Å². The number of furan rings is 1. The number of halogens is 1. The Bertz CT molecular complexity index is 790. The average Bonchev–Trinajstić information content (AvgIpc) is 2.89. The van der Waals surface area contributed by atoms with E-state index in [0.717, 1.165) is 26.6 Å². The average molecular weight is 344 g/mol. The van der Waals surface area contributed by atoms with E-state index in [1.54, 1.807) is 6.07 Å². The molecule has 3 aromatic rings. The largest absolute Gasteiger partial charge is 0.451 e. The Hall–Kier alpha value is -2.07. The third-order valence-corrected chi connectivity index (χ3v) is 3.79. The van der Waals surface area contributed by atoms with Gasteiger partial charge in [0.25, 0.3) is 5.91 Å². The van der Waals surface area contributed by atoms with Crippen LogP contribution >= 0.6 is 15.9 Å².